The van der Waals surface area contributed by atoms with E-state index in [1.54, 1.807) is 10.7 Å². The fourth-order valence-electron chi connectivity index (χ4n) is 2.41. The molecule has 2 aromatic rings. The standard InChI is InChI=1S/C12H15ClN4/c13-5-1-10-3-7-16(9-10)11-4-8-17-12(15-11)2-6-14-17/h2,4,6,8,10H,1,3,5,7,9H2. The summed E-state index contributed by atoms with van der Waals surface area (Å²) in [5.74, 6) is 2.53. The van der Waals surface area contributed by atoms with Crippen LogP contribution in [0.2, 0.25) is 0 Å². The van der Waals surface area contributed by atoms with E-state index in [-0.39, 0.29) is 0 Å². The highest BCUT2D eigenvalue weighted by Crippen LogP contribution is 2.24. The van der Waals surface area contributed by atoms with Gasteiger partial charge in [0, 0.05) is 31.2 Å². The molecule has 1 fully saturated rings. The molecule has 1 saturated heterocycles. The van der Waals surface area contributed by atoms with Crippen LogP contribution in [0.1, 0.15) is 12.8 Å². The van der Waals surface area contributed by atoms with Crippen molar-refractivity contribution in [2.24, 2.45) is 5.92 Å². The second-order valence-corrected chi connectivity index (χ2v) is 4.88. The van der Waals surface area contributed by atoms with Crippen molar-refractivity contribution in [1.82, 2.24) is 14.6 Å². The first-order valence-corrected chi connectivity index (χ1v) is 6.51. The Bertz CT molecular complexity index is 510. The van der Waals surface area contributed by atoms with Gasteiger partial charge in [0.15, 0.2) is 5.65 Å². The van der Waals surface area contributed by atoms with E-state index in [4.69, 9.17) is 11.6 Å². The van der Waals surface area contributed by atoms with Crippen molar-refractivity contribution in [3.63, 3.8) is 0 Å². The molecule has 1 atom stereocenters. The van der Waals surface area contributed by atoms with Crippen molar-refractivity contribution in [2.45, 2.75) is 12.8 Å². The monoisotopic (exact) mass is 250 g/mol. The summed E-state index contributed by atoms with van der Waals surface area (Å²) in [6.45, 7) is 2.16. The zero-order valence-electron chi connectivity index (χ0n) is 9.59. The first-order valence-electron chi connectivity index (χ1n) is 5.98. The maximum Gasteiger partial charge on any atom is 0.157 e. The second-order valence-electron chi connectivity index (χ2n) is 4.50. The Morgan fingerprint density at radius 3 is 3.24 bits per heavy atom. The zero-order chi connectivity index (χ0) is 11.7. The van der Waals surface area contributed by atoms with E-state index in [9.17, 15) is 0 Å². The maximum absolute atomic E-state index is 5.79. The normalized spacial score (nSPS) is 20.3. The van der Waals surface area contributed by atoms with Crippen molar-refractivity contribution in [1.29, 1.82) is 0 Å². The fourth-order valence-corrected chi connectivity index (χ4v) is 2.72. The molecule has 90 valence electrons. The summed E-state index contributed by atoms with van der Waals surface area (Å²) in [5, 5.41) is 4.15. The molecule has 1 aliphatic heterocycles. The first kappa shape index (κ1) is 10.8. The molecule has 1 aliphatic rings. The minimum absolute atomic E-state index is 0.718. The summed E-state index contributed by atoms with van der Waals surface area (Å²) >= 11 is 5.79. The van der Waals surface area contributed by atoms with Gasteiger partial charge in [-0.25, -0.2) is 9.50 Å². The molecule has 1 unspecified atom stereocenters. The molecule has 17 heavy (non-hydrogen) atoms. The Balaban J connectivity index is 1.80. The molecule has 5 heteroatoms. The highest BCUT2D eigenvalue weighted by molar-refractivity contribution is 6.17. The lowest BCUT2D eigenvalue weighted by Crippen LogP contribution is -2.21. The van der Waals surface area contributed by atoms with Crippen LogP contribution in [-0.2, 0) is 0 Å². The van der Waals surface area contributed by atoms with Crippen LogP contribution in [-0.4, -0.2) is 33.6 Å². The number of alkyl halides is 1. The summed E-state index contributed by atoms with van der Waals surface area (Å²) in [6.07, 6.45) is 6.06. The Hall–Kier alpha value is -1.29. The summed E-state index contributed by atoms with van der Waals surface area (Å²) in [6, 6.07) is 3.96. The molecule has 4 nitrogen and oxygen atoms in total. The summed E-state index contributed by atoms with van der Waals surface area (Å²) in [7, 11) is 0. The number of hydrogen-bond acceptors (Lipinski definition) is 3. The number of nitrogens with zero attached hydrogens (tertiary/aromatic N) is 4. The lowest BCUT2D eigenvalue weighted by Gasteiger charge is -2.17. The van der Waals surface area contributed by atoms with Crippen LogP contribution >= 0.6 is 11.6 Å². The summed E-state index contributed by atoms with van der Waals surface area (Å²) in [4.78, 5) is 6.94. The lowest BCUT2D eigenvalue weighted by atomic mass is 10.1. The van der Waals surface area contributed by atoms with Gasteiger partial charge in [-0.15, -0.1) is 11.6 Å². The molecule has 0 bridgehead atoms. The van der Waals surface area contributed by atoms with Crippen molar-refractivity contribution < 1.29 is 0 Å². The Labute approximate surface area is 105 Å². The SMILES string of the molecule is ClCCC1CCN(c2ccn3nccc3n2)C1. The van der Waals surface area contributed by atoms with Crippen LogP contribution in [0.3, 0.4) is 0 Å². The average Bonchev–Trinajstić information content (AvgIpc) is 2.96. The van der Waals surface area contributed by atoms with E-state index >= 15 is 0 Å². The zero-order valence-corrected chi connectivity index (χ0v) is 10.3. The van der Waals surface area contributed by atoms with E-state index in [0.717, 1.165) is 42.8 Å². The van der Waals surface area contributed by atoms with Gasteiger partial charge >= 0.3 is 0 Å². The van der Waals surface area contributed by atoms with Crippen LogP contribution in [0.25, 0.3) is 5.65 Å². The van der Waals surface area contributed by atoms with E-state index in [2.05, 4.69) is 15.0 Å². The Morgan fingerprint density at radius 1 is 1.41 bits per heavy atom. The summed E-state index contributed by atoms with van der Waals surface area (Å²) in [5.41, 5.74) is 0.906. The topological polar surface area (TPSA) is 33.4 Å². The van der Waals surface area contributed by atoms with Crippen LogP contribution in [0.15, 0.2) is 24.5 Å². The Kier molecular flexibility index (Phi) is 2.89. The molecule has 0 spiro atoms. The van der Waals surface area contributed by atoms with Gasteiger partial charge in [-0.05, 0) is 24.8 Å². The lowest BCUT2D eigenvalue weighted by molar-refractivity contribution is 0.572. The predicted octanol–water partition coefficient (Wildman–Crippen LogP) is 2.18. The van der Waals surface area contributed by atoms with Crippen molar-refractivity contribution in [2.75, 3.05) is 23.9 Å². The largest absolute Gasteiger partial charge is 0.356 e. The number of fused-ring (bicyclic) bond motifs is 1. The third-order valence-electron chi connectivity index (χ3n) is 3.37. The van der Waals surface area contributed by atoms with Gasteiger partial charge in [0.05, 0.1) is 6.20 Å². The van der Waals surface area contributed by atoms with E-state index in [1.165, 1.54) is 6.42 Å². The minimum Gasteiger partial charge on any atom is -0.356 e. The smallest absolute Gasteiger partial charge is 0.157 e. The van der Waals surface area contributed by atoms with Crippen molar-refractivity contribution in [3.05, 3.63) is 24.5 Å². The molecule has 0 aromatic carbocycles. The van der Waals surface area contributed by atoms with Gasteiger partial charge < -0.3 is 4.90 Å². The van der Waals surface area contributed by atoms with E-state index < -0.39 is 0 Å². The molecule has 0 radical (unpaired) electrons. The maximum atomic E-state index is 5.79. The number of aromatic nitrogens is 3. The van der Waals surface area contributed by atoms with Gasteiger partial charge in [0.1, 0.15) is 5.82 Å². The molecule has 3 heterocycles. The number of hydrogen-bond donors (Lipinski definition) is 0. The molecule has 2 aromatic heterocycles. The highest BCUT2D eigenvalue weighted by atomic mass is 35.5. The van der Waals surface area contributed by atoms with Gasteiger partial charge in [-0.3, -0.25) is 0 Å². The Morgan fingerprint density at radius 2 is 2.35 bits per heavy atom. The average molecular weight is 251 g/mol. The molecule has 0 amide bonds. The highest BCUT2D eigenvalue weighted by Gasteiger charge is 2.22. The van der Waals surface area contributed by atoms with Crippen LogP contribution in [0.4, 0.5) is 5.82 Å². The third kappa shape index (κ3) is 2.09. The van der Waals surface area contributed by atoms with E-state index in [0.29, 0.717) is 0 Å². The van der Waals surface area contributed by atoms with E-state index in [1.807, 2.05) is 18.3 Å². The van der Waals surface area contributed by atoms with Crippen molar-refractivity contribution in [3.8, 4) is 0 Å². The predicted molar refractivity (Wildman–Crippen MR) is 68.6 cm³/mol. The van der Waals surface area contributed by atoms with Gasteiger partial charge in [-0.2, -0.15) is 5.10 Å². The van der Waals surface area contributed by atoms with Crippen LogP contribution < -0.4 is 4.90 Å². The summed E-state index contributed by atoms with van der Waals surface area (Å²) < 4.78 is 1.79. The minimum atomic E-state index is 0.718. The first-order chi connectivity index (χ1) is 8.36. The molecular weight excluding hydrogens is 236 g/mol. The molecular formula is C12H15ClN4. The fraction of sp³-hybridized carbons (Fsp3) is 0.500. The number of rotatable bonds is 3. The van der Waals surface area contributed by atoms with Gasteiger partial charge in [-0.1, -0.05) is 0 Å². The number of anilines is 1. The number of halogens is 1. The molecule has 3 rings (SSSR count). The third-order valence-corrected chi connectivity index (χ3v) is 3.59. The molecule has 0 N–H and O–H groups in total. The van der Waals surface area contributed by atoms with Crippen molar-refractivity contribution >= 4 is 23.1 Å². The quantitative estimate of drug-likeness (QED) is 0.783. The molecule has 0 aliphatic carbocycles. The van der Waals surface area contributed by atoms with Gasteiger partial charge in [0.25, 0.3) is 0 Å². The molecule has 0 saturated carbocycles. The van der Waals surface area contributed by atoms with Gasteiger partial charge in [0.2, 0.25) is 0 Å². The second kappa shape index (κ2) is 4.53. The van der Waals surface area contributed by atoms with Crippen LogP contribution in [0.5, 0.6) is 0 Å². The van der Waals surface area contributed by atoms with Crippen LogP contribution in [0, 0.1) is 5.92 Å².